The van der Waals surface area contributed by atoms with Crippen LogP contribution in [0.3, 0.4) is 0 Å². The van der Waals surface area contributed by atoms with Gasteiger partial charge in [-0.3, -0.25) is 0 Å². The molecule has 0 saturated heterocycles. The van der Waals surface area contributed by atoms with Gasteiger partial charge in [-0.15, -0.1) is 0 Å². The third kappa shape index (κ3) is 4.29. The molecule has 5 rings (SSSR count). The Labute approximate surface area is 210 Å². The molecular weight excluding hydrogens is 463 g/mol. The van der Waals surface area contributed by atoms with Gasteiger partial charge in [-0.2, -0.15) is 0 Å². The van der Waals surface area contributed by atoms with Crippen LogP contribution in [-0.4, -0.2) is 10.2 Å². The maximum atomic E-state index is 10.4. The summed E-state index contributed by atoms with van der Waals surface area (Å²) in [6, 6.07) is 26.9. The van der Waals surface area contributed by atoms with E-state index in [1.54, 1.807) is 12.1 Å². The Hall–Kier alpha value is -2.94. The van der Waals surface area contributed by atoms with E-state index in [-0.39, 0.29) is 16.9 Å². The molecule has 1 aliphatic rings. The van der Waals surface area contributed by atoms with E-state index in [4.69, 9.17) is 23.2 Å². The average Bonchev–Trinajstić information content (AvgIpc) is 2.84. The minimum atomic E-state index is -0.283. The molecule has 4 aromatic carbocycles. The number of hydrogen-bond acceptors (Lipinski definition) is 2. The van der Waals surface area contributed by atoms with Gasteiger partial charge in [0.15, 0.2) is 0 Å². The fourth-order valence-corrected chi connectivity index (χ4v) is 5.91. The molecule has 0 heterocycles. The molecule has 4 aromatic rings. The van der Waals surface area contributed by atoms with Crippen molar-refractivity contribution in [2.24, 2.45) is 0 Å². The second kappa shape index (κ2) is 9.37. The maximum absolute atomic E-state index is 10.4. The van der Waals surface area contributed by atoms with Crippen LogP contribution in [-0.2, 0) is 5.41 Å². The van der Waals surface area contributed by atoms with Crippen molar-refractivity contribution in [1.82, 2.24) is 0 Å². The predicted molar refractivity (Wildman–Crippen MR) is 141 cm³/mol. The lowest BCUT2D eigenvalue weighted by molar-refractivity contribution is 0.346. The van der Waals surface area contributed by atoms with Gasteiger partial charge in [0.05, 0.1) is 0 Å². The van der Waals surface area contributed by atoms with Crippen molar-refractivity contribution in [3.8, 4) is 33.8 Å². The van der Waals surface area contributed by atoms with Gasteiger partial charge in [0.25, 0.3) is 0 Å². The third-order valence-electron chi connectivity index (χ3n) is 7.02. The van der Waals surface area contributed by atoms with Crippen molar-refractivity contribution >= 4 is 23.2 Å². The molecule has 1 saturated carbocycles. The molecule has 1 aliphatic carbocycles. The third-order valence-corrected chi connectivity index (χ3v) is 7.49. The summed E-state index contributed by atoms with van der Waals surface area (Å²) in [7, 11) is 0. The summed E-state index contributed by atoms with van der Waals surface area (Å²) in [5, 5.41) is 22.2. The molecular formula is C30H26Cl2O2. The fraction of sp³-hybridized carbons (Fsp3) is 0.200. The lowest BCUT2D eigenvalue weighted by atomic mass is 9.62. The summed E-state index contributed by atoms with van der Waals surface area (Å²) in [6.07, 6.45) is 5.35. The van der Waals surface area contributed by atoms with Gasteiger partial charge in [-0.1, -0.05) is 78.9 Å². The van der Waals surface area contributed by atoms with E-state index in [2.05, 4.69) is 12.1 Å². The number of halogens is 2. The average molecular weight is 489 g/mol. The van der Waals surface area contributed by atoms with E-state index in [9.17, 15) is 10.2 Å². The molecule has 4 heteroatoms. The number of benzene rings is 4. The summed E-state index contributed by atoms with van der Waals surface area (Å²) in [5.74, 6) is 0.455. The second-order valence-corrected chi connectivity index (χ2v) is 10.00. The van der Waals surface area contributed by atoms with Crippen molar-refractivity contribution in [1.29, 1.82) is 0 Å². The van der Waals surface area contributed by atoms with Crippen molar-refractivity contribution in [2.75, 3.05) is 0 Å². The Morgan fingerprint density at radius 2 is 1.03 bits per heavy atom. The van der Waals surface area contributed by atoms with Crippen molar-refractivity contribution in [3.63, 3.8) is 0 Å². The van der Waals surface area contributed by atoms with E-state index in [1.807, 2.05) is 60.7 Å². The molecule has 34 heavy (non-hydrogen) atoms. The van der Waals surface area contributed by atoms with E-state index in [0.717, 1.165) is 47.9 Å². The summed E-state index contributed by atoms with van der Waals surface area (Å²) in [4.78, 5) is 0. The van der Waals surface area contributed by atoms with Crippen LogP contribution >= 0.6 is 23.2 Å². The molecule has 0 bridgehead atoms. The van der Waals surface area contributed by atoms with Gasteiger partial charge in [-0.05, 0) is 94.8 Å². The van der Waals surface area contributed by atoms with Crippen LogP contribution in [0.15, 0.2) is 84.9 Å². The standard InChI is InChI=1S/C30H26Cl2O2/c31-22-8-4-6-20(16-22)26-18-24(33)10-12-28(26)30(14-2-1-3-15-30)29-13-11-25(34)19-27(29)21-7-5-9-23(32)17-21/h4-13,16-19,33-34H,1-3,14-15H2. The van der Waals surface area contributed by atoms with Gasteiger partial charge in [0, 0.05) is 15.5 Å². The van der Waals surface area contributed by atoms with Gasteiger partial charge in [-0.25, -0.2) is 0 Å². The number of rotatable bonds is 4. The van der Waals surface area contributed by atoms with Crippen LogP contribution < -0.4 is 0 Å². The first-order valence-electron chi connectivity index (χ1n) is 11.7. The molecule has 2 nitrogen and oxygen atoms in total. The monoisotopic (exact) mass is 488 g/mol. The SMILES string of the molecule is Oc1ccc(C2(c3ccc(O)cc3-c3cccc(Cl)c3)CCCCC2)c(-c2cccc(Cl)c2)c1. The summed E-state index contributed by atoms with van der Waals surface area (Å²) in [5.41, 5.74) is 5.97. The molecule has 172 valence electrons. The van der Waals surface area contributed by atoms with E-state index >= 15 is 0 Å². The maximum Gasteiger partial charge on any atom is 0.116 e. The Morgan fingerprint density at radius 3 is 1.47 bits per heavy atom. The Kier molecular flexibility index (Phi) is 6.29. The molecule has 0 atom stereocenters. The first kappa shape index (κ1) is 22.8. The summed E-state index contributed by atoms with van der Waals surface area (Å²) >= 11 is 12.7. The predicted octanol–water partition coefficient (Wildman–Crippen LogP) is 8.99. The zero-order valence-electron chi connectivity index (χ0n) is 18.8. The van der Waals surface area contributed by atoms with Crippen molar-refractivity contribution in [2.45, 2.75) is 37.5 Å². The highest BCUT2D eigenvalue weighted by atomic mass is 35.5. The number of aromatic hydroxyl groups is 2. The van der Waals surface area contributed by atoms with Crippen LogP contribution in [0.4, 0.5) is 0 Å². The normalized spacial score (nSPS) is 15.2. The van der Waals surface area contributed by atoms with Crippen LogP contribution in [0.5, 0.6) is 11.5 Å². The van der Waals surface area contributed by atoms with Gasteiger partial charge in [0.1, 0.15) is 11.5 Å². The lowest BCUT2D eigenvalue weighted by Crippen LogP contribution is -2.31. The van der Waals surface area contributed by atoms with Crippen molar-refractivity contribution in [3.05, 3.63) is 106 Å². The molecule has 1 fully saturated rings. The number of phenolic OH excluding ortho intramolecular Hbond substituents is 2. The van der Waals surface area contributed by atoms with Gasteiger partial charge >= 0.3 is 0 Å². The zero-order chi connectivity index (χ0) is 23.7. The highest BCUT2D eigenvalue weighted by Crippen LogP contribution is 2.51. The smallest absolute Gasteiger partial charge is 0.116 e. The summed E-state index contributed by atoms with van der Waals surface area (Å²) in [6.45, 7) is 0. The molecule has 0 aliphatic heterocycles. The number of phenols is 2. The molecule has 0 amide bonds. The van der Waals surface area contributed by atoms with Crippen LogP contribution in [0.1, 0.15) is 43.2 Å². The minimum Gasteiger partial charge on any atom is -0.508 e. The molecule has 0 unspecified atom stereocenters. The quantitative estimate of drug-likeness (QED) is 0.300. The highest BCUT2D eigenvalue weighted by molar-refractivity contribution is 6.31. The highest BCUT2D eigenvalue weighted by Gasteiger charge is 2.39. The Morgan fingerprint density at radius 1 is 0.559 bits per heavy atom. The fourth-order valence-electron chi connectivity index (χ4n) is 5.53. The van der Waals surface area contributed by atoms with Gasteiger partial charge in [0.2, 0.25) is 0 Å². The van der Waals surface area contributed by atoms with Crippen LogP contribution in [0.25, 0.3) is 22.3 Å². The Bertz CT molecular complexity index is 1240. The zero-order valence-corrected chi connectivity index (χ0v) is 20.3. The molecule has 0 spiro atoms. The van der Waals surface area contributed by atoms with Crippen LogP contribution in [0, 0.1) is 0 Å². The molecule has 2 N–H and O–H groups in total. The summed E-state index contributed by atoms with van der Waals surface area (Å²) < 4.78 is 0. The van der Waals surface area contributed by atoms with Crippen LogP contribution in [0.2, 0.25) is 10.0 Å². The van der Waals surface area contributed by atoms with Crippen molar-refractivity contribution < 1.29 is 10.2 Å². The number of hydrogen-bond donors (Lipinski definition) is 2. The van der Waals surface area contributed by atoms with E-state index in [0.29, 0.717) is 10.0 Å². The first-order chi connectivity index (χ1) is 16.5. The molecule has 0 aromatic heterocycles. The van der Waals surface area contributed by atoms with E-state index < -0.39 is 0 Å². The lowest BCUT2D eigenvalue weighted by Gasteiger charge is -2.41. The topological polar surface area (TPSA) is 40.5 Å². The molecule has 0 radical (unpaired) electrons. The first-order valence-corrected chi connectivity index (χ1v) is 12.4. The second-order valence-electron chi connectivity index (χ2n) is 9.12. The van der Waals surface area contributed by atoms with Gasteiger partial charge < -0.3 is 10.2 Å². The minimum absolute atomic E-state index is 0.227. The van der Waals surface area contributed by atoms with E-state index in [1.165, 1.54) is 17.5 Å². The largest absolute Gasteiger partial charge is 0.508 e. The Balaban J connectivity index is 1.80.